The van der Waals surface area contributed by atoms with E-state index in [1.165, 1.54) is 11.1 Å². The number of nitrogens with zero attached hydrogens (tertiary/aromatic N) is 1. The highest BCUT2D eigenvalue weighted by molar-refractivity contribution is 6.27. The fourth-order valence-corrected chi connectivity index (χ4v) is 4.35. The van der Waals surface area contributed by atoms with Crippen molar-refractivity contribution in [3.63, 3.8) is 0 Å². The van der Waals surface area contributed by atoms with Crippen LogP contribution in [0.2, 0.25) is 0 Å². The zero-order valence-corrected chi connectivity index (χ0v) is 20.4. The van der Waals surface area contributed by atoms with Crippen LogP contribution in [0.25, 0.3) is 0 Å². The third-order valence-corrected chi connectivity index (χ3v) is 6.12. The monoisotopic (exact) mass is 492 g/mol. The zero-order valence-electron chi connectivity index (χ0n) is 20.4. The fourth-order valence-electron chi connectivity index (χ4n) is 4.35. The van der Waals surface area contributed by atoms with Crippen molar-refractivity contribution in [3.8, 4) is 5.75 Å². The number of hydrogen-bond donors (Lipinski definition) is 4. The molecule has 0 aromatic heterocycles. The topological polar surface area (TPSA) is 119 Å². The van der Waals surface area contributed by atoms with Gasteiger partial charge in [0.15, 0.2) is 0 Å². The first-order chi connectivity index (χ1) is 17.3. The number of nitrogens with one attached hydrogen (secondary N) is 1. The van der Waals surface area contributed by atoms with Gasteiger partial charge in [-0.3, -0.25) is 0 Å². The molecule has 36 heavy (non-hydrogen) atoms. The molecule has 0 aliphatic heterocycles. The van der Waals surface area contributed by atoms with Crippen LogP contribution in [0.1, 0.15) is 34.8 Å². The van der Waals surface area contributed by atoms with Crippen molar-refractivity contribution in [3.05, 3.63) is 95.1 Å². The second-order valence-electron chi connectivity index (χ2n) is 8.59. The molecule has 0 spiro atoms. The second-order valence-corrected chi connectivity index (χ2v) is 8.59. The van der Waals surface area contributed by atoms with Crippen LogP contribution in [-0.2, 0) is 29.2 Å². The number of hydrogen-bond acceptors (Lipinski definition) is 6. The summed E-state index contributed by atoms with van der Waals surface area (Å²) < 4.78 is 6.30. The van der Waals surface area contributed by atoms with Gasteiger partial charge in [-0.2, -0.15) is 0 Å². The summed E-state index contributed by atoms with van der Waals surface area (Å²) in [5.41, 5.74) is 5.67. The van der Waals surface area contributed by atoms with Crippen LogP contribution < -0.4 is 15.0 Å². The summed E-state index contributed by atoms with van der Waals surface area (Å²) in [5.74, 6) is -2.78. The number of carbonyl (C=O) groups is 2. The van der Waals surface area contributed by atoms with Crippen LogP contribution in [0.4, 0.5) is 5.69 Å². The molecule has 190 valence electrons. The van der Waals surface area contributed by atoms with E-state index >= 15 is 0 Å². The molecule has 0 heterocycles. The Morgan fingerprint density at radius 3 is 2.08 bits per heavy atom. The SMILES string of the molecule is CNC1CCc2c(ccc(OCc3ccccc3)c2N(C)Cc2ccccc2)C1O.O=C(O)C(=O)O. The van der Waals surface area contributed by atoms with E-state index in [2.05, 4.69) is 53.7 Å². The highest BCUT2D eigenvalue weighted by atomic mass is 16.5. The van der Waals surface area contributed by atoms with E-state index in [1.807, 2.05) is 43.4 Å². The van der Waals surface area contributed by atoms with Crippen LogP contribution >= 0.6 is 0 Å². The van der Waals surface area contributed by atoms with E-state index in [4.69, 9.17) is 24.5 Å². The second kappa shape index (κ2) is 12.7. The Morgan fingerprint density at radius 1 is 0.944 bits per heavy atom. The molecule has 4 rings (SSSR count). The minimum atomic E-state index is -1.82. The number of benzene rings is 3. The normalized spacial score (nSPS) is 16.2. The summed E-state index contributed by atoms with van der Waals surface area (Å²) in [7, 11) is 4.02. The van der Waals surface area contributed by atoms with Crippen molar-refractivity contribution in [1.29, 1.82) is 0 Å². The maximum absolute atomic E-state index is 10.9. The first-order valence-electron chi connectivity index (χ1n) is 11.7. The standard InChI is InChI=1S/C26H30N2O2.C2H2O4/c1-27-23-15-13-21-22(26(23)29)14-16-24(30-18-20-11-7-4-8-12-20)25(21)28(2)17-19-9-5-3-6-10-19;3-1(4)2(5)6/h3-12,14,16,23,26-27,29H,13,15,17-18H2,1-2H3;(H,3,4)(H,5,6). The van der Waals surface area contributed by atoms with Gasteiger partial charge in [-0.05, 0) is 48.2 Å². The Kier molecular flexibility index (Phi) is 9.44. The Labute approximate surface area is 210 Å². The number of ether oxygens (including phenoxy) is 1. The van der Waals surface area contributed by atoms with Gasteiger partial charge in [-0.15, -0.1) is 0 Å². The van der Waals surface area contributed by atoms with E-state index < -0.39 is 18.0 Å². The lowest BCUT2D eigenvalue weighted by atomic mass is 9.84. The Hall–Kier alpha value is -3.88. The van der Waals surface area contributed by atoms with Crippen LogP contribution in [0.5, 0.6) is 5.75 Å². The molecule has 0 bridgehead atoms. The summed E-state index contributed by atoms with van der Waals surface area (Å²) in [6.07, 6.45) is 1.30. The molecule has 0 radical (unpaired) electrons. The smallest absolute Gasteiger partial charge is 0.414 e. The number of anilines is 1. The number of aliphatic carboxylic acids is 2. The molecule has 8 heteroatoms. The van der Waals surface area contributed by atoms with Crippen molar-refractivity contribution >= 4 is 17.6 Å². The number of likely N-dealkylation sites (N-methyl/N-ethyl adjacent to an activating group) is 1. The molecule has 2 atom stereocenters. The molecule has 0 saturated heterocycles. The molecule has 1 aliphatic carbocycles. The summed E-state index contributed by atoms with van der Waals surface area (Å²) in [4.78, 5) is 20.4. The molecular weight excluding hydrogens is 460 g/mol. The van der Waals surface area contributed by atoms with E-state index in [-0.39, 0.29) is 6.04 Å². The van der Waals surface area contributed by atoms with Gasteiger partial charge in [0.25, 0.3) is 0 Å². The van der Waals surface area contributed by atoms with Crippen LogP contribution in [0.15, 0.2) is 72.8 Å². The van der Waals surface area contributed by atoms with Gasteiger partial charge < -0.3 is 30.3 Å². The lowest BCUT2D eigenvalue weighted by molar-refractivity contribution is -0.159. The number of carboxylic acids is 2. The molecule has 3 aromatic rings. The molecule has 1 aliphatic rings. The number of aliphatic hydroxyl groups is 1. The maximum atomic E-state index is 10.9. The Balaban J connectivity index is 0.000000538. The minimum absolute atomic E-state index is 0.0841. The number of rotatable bonds is 7. The average molecular weight is 493 g/mol. The van der Waals surface area contributed by atoms with Crippen LogP contribution in [0.3, 0.4) is 0 Å². The summed E-state index contributed by atoms with van der Waals surface area (Å²) >= 11 is 0. The maximum Gasteiger partial charge on any atom is 0.414 e. The molecular formula is C28H32N2O6. The average Bonchev–Trinajstić information content (AvgIpc) is 2.89. The Bertz CT molecular complexity index is 1140. The quantitative estimate of drug-likeness (QED) is 0.369. The number of aliphatic hydroxyl groups excluding tert-OH is 1. The van der Waals surface area contributed by atoms with Crippen molar-refractivity contribution in [2.24, 2.45) is 0 Å². The highest BCUT2D eigenvalue weighted by Crippen LogP contribution is 2.42. The lowest BCUT2D eigenvalue weighted by Crippen LogP contribution is -2.36. The van der Waals surface area contributed by atoms with E-state index in [0.29, 0.717) is 6.61 Å². The van der Waals surface area contributed by atoms with Gasteiger partial charge in [0.2, 0.25) is 0 Å². The lowest BCUT2D eigenvalue weighted by Gasteiger charge is -2.34. The fraction of sp³-hybridized carbons (Fsp3) is 0.286. The molecule has 4 N–H and O–H groups in total. The number of carboxylic acid groups (broad SMARTS) is 2. The molecule has 0 amide bonds. The van der Waals surface area contributed by atoms with Crippen molar-refractivity contribution in [2.75, 3.05) is 19.0 Å². The molecule has 8 nitrogen and oxygen atoms in total. The zero-order chi connectivity index (χ0) is 26.1. The van der Waals surface area contributed by atoms with Crippen molar-refractivity contribution in [1.82, 2.24) is 5.32 Å². The molecule has 0 saturated carbocycles. The van der Waals surface area contributed by atoms with E-state index in [1.54, 1.807) is 0 Å². The van der Waals surface area contributed by atoms with Gasteiger partial charge >= 0.3 is 11.9 Å². The van der Waals surface area contributed by atoms with Gasteiger partial charge in [-0.1, -0.05) is 66.7 Å². The molecule has 0 fully saturated rings. The van der Waals surface area contributed by atoms with Gasteiger partial charge in [0.05, 0.1) is 11.8 Å². The first-order valence-corrected chi connectivity index (χ1v) is 11.7. The number of fused-ring (bicyclic) bond motifs is 1. The minimum Gasteiger partial charge on any atom is -0.487 e. The van der Waals surface area contributed by atoms with Crippen molar-refractivity contribution in [2.45, 2.75) is 38.1 Å². The van der Waals surface area contributed by atoms with Gasteiger partial charge in [0.1, 0.15) is 12.4 Å². The predicted molar refractivity (Wildman–Crippen MR) is 137 cm³/mol. The van der Waals surface area contributed by atoms with Crippen molar-refractivity contribution < 1.29 is 29.6 Å². The van der Waals surface area contributed by atoms with Crippen LogP contribution in [0, 0.1) is 0 Å². The van der Waals surface area contributed by atoms with Gasteiger partial charge in [-0.25, -0.2) is 9.59 Å². The summed E-state index contributed by atoms with van der Waals surface area (Å²) in [5, 5.41) is 28.9. The van der Waals surface area contributed by atoms with E-state index in [0.717, 1.165) is 42.0 Å². The third-order valence-electron chi connectivity index (χ3n) is 6.12. The Morgan fingerprint density at radius 2 is 1.53 bits per heavy atom. The van der Waals surface area contributed by atoms with Crippen LogP contribution in [-0.4, -0.2) is 47.4 Å². The van der Waals surface area contributed by atoms with Gasteiger partial charge in [0, 0.05) is 19.6 Å². The third kappa shape index (κ3) is 6.84. The summed E-state index contributed by atoms with van der Waals surface area (Å²) in [6.45, 7) is 1.30. The molecule has 2 unspecified atom stereocenters. The largest absolute Gasteiger partial charge is 0.487 e. The highest BCUT2D eigenvalue weighted by Gasteiger charge is 2.30. The molecule has 3 aromatic carbocycles. The first kappa shape index (κ1) is 26.7. The van der Waals surface area contributed by atoms with E-state index in [9.17, 15) is 5.11 Å². The predicted octanol–water partition coefficient (Wildman–Crippen LogP) is 3.63. The summed E-state index contributed by atoms with van der Waals surface area (Å²) in [6, 6.07) is 24.8.